The topological polar surface area (TPSA) is 69.6 Å². The fraction of sp³-hybridized carbons (Fsp3) is 0.364. The summed E-state index contributed by atoms with van der Waals surface area (Å²) in [7, 11) is 0. The molecule has 0 spiro atoms. The average Bonchev–Trinajstić information content (AvgIpc) is 2.18. The summed E-state index contributed by atoms with van der Waals surface area (Å²) in [5.41, 5.74) is 0.672. The van der Waals surface area contributed by atoms with Gasteiger partial charge >= 0.3 is 0 Å². The van der Waals surface area contributed by atoms with Crippen molar-refractivity contribution in [3.05, 3.63) is 33.2 Å². The molecule has 0 bridgehead atoms. The molecule has 1 rings (SSSR count). The average molecular weight is 201 g/mol. The predicted molar refractivity (Wildman–Crippen MR) is 55.3 cm³/mol. The number of nitriles is 2. The molecule has 0 amide bonds. The largest absolute Gasteiger partial charge is 0.308 e. The highest BCUT2D eigenvalue weighted by atomic mass is 16.1. The van der Waals surface area contributed by atoms with Crippen LogP contribution < -0.4 is 5.56 Å². The summed E-state index contributed by atoms with van der Waals surface area (Å²) in [6, 6.07) is 5.08. The predicted octanol–water partition coefficient (Wildman–Crippen LogP) is 1.48. The van der Waals surface area contributed by atoms with E-state index in [-0.39, 0.29) is 17.2 Å². The number of aromatic nitrogens is 1. The van der Waals surface area contributed by atoms with Crippen LogP contribution >= 0.6 is 0 Å². The Morgan fingerprint density at radius 1 is 1.27 bits per heavy atom. The van der Waals surface area contributed by atoms with Crippen LogP contribution in [0, 0.1) is 29.6 Å². The summed E-state index contributed by atoms with van der Waals surface area (Å²) >= 11 is 0. The molecule has 0 aromatic carbocycles. The molecule has 0 saturated heterocycles. The summed E-state index contributed by atoms with van der Waals surface area (Å²) in [6.07, 6.45) is 0. The van der Waals surface area contributed by atoms with Crippen LogP contribution in [-0.2, 0) is 0 Å². The van der Waals surface area contributed by atoms with E-state index < -0.39 is 0 Å². The van der Waals surface area contributed by atoms with Gasteiger partial charge in [0.2, 0.25) is 0 Å². The Bertz CT molecular complexity index is 526. The Morgan fingerprint density at radius 3 is 2.20 bits per heavy atom. The maximum atomic E-state index is 11.8. The highest BCUT2D eigenvalue weighted by Gasteiger charge is 2.13. The lowest BCUT2D eigenvalue weighted by molar-refractivity contribution is 0.560. The number of rotatable bonds is 1. The van der Waals surface area contributed by atoms with Crippen LogP contribution in [0.25, 0.3) is 0 Å². The first-order chi connectivity index (χ1) is 7.02. The van der Waals surface area contributed by atoms with Crippen LogP contribution in [0.4, 0.5) is 0 Å². The fourth-order valence-corrected chi connectivity index (χ4v) is 1.54. The minimum absolute atomic E-state index is 0.0193. The zero-order chi connectivity index (χ0) is 11.6. The van der Waals surface area contributed by atoms with E-state index in [0.29, 0.717) is 11.3 Å². The molecule has 1 heterocycles. The van der Waals surface area contributed by atoms with Gasteiger partial charge < -0.3 is 4.57 Å². The number of nitrogens with zero attached hydrogens (tertiary/aromatic N) is 3. The molecule has 1 aromatic heterocycles. The molecule has 0 aliphatic rings. The third-order valence-electron chi connectivity index (χ3n) is 2.25. The van der Waals surface area contributed by atoms with Crippen LogP contribution in [0.3, 0.4) is 0 Å². The third kappa shape index (κ3) is 1.75. The van der Waals surface area contributed by atoms with Crippen molar-refractivity contribution in [2.75, 3.05) is 0 Å². The monoisotopic (exact) mass is 201 g/mol. The van der Waals surface area contributed by atoms with Crippen molar-refractivity contribution in [3.8, 4) is 12.1 Å². The highest BCUT2D eigenvalue weighted by molar-refractivity contribution is 5.40. The lowest BCUT2D eigenvalue weighted by Gasteiger charge is -2.14. The molecular formula is C11H11N3O. The summed E-state index contributed by atoms with van der Waals surface area (Å²) < 4.78 is 1.47. The molecule has 76 valence electrons. The number of hydrogen-bond donors (Lipinski definition) is 0. The first-order valence-electron chi connectivity index (χ1n) is 4.59. The van der Waals surface area contributed by atoms with Crippen molar-refractivity contribution >= 4 is 0 Å². The maximum absolute atomic E-state index is 11.8. The van der Waals surface area contributed by atoms with E-state index in [0.717, 1.165) is 0 Å². The lowest BCUT2D eigenvalue weighted by Crippen LogP contribution is -2.27. The Morgan fingerprint density at radius 2 is 1.80 bits per heavy atom. The van der Waals surface area contributed by atoms with Gasteiger partial charge in [0.25, 0.3) is 5.56 Å². The van der Waals surface area contributed by atoms with Crippen LogP contribution in [0.15, 0.2) is 10.9 Å². The molecular weight excluding hydrogens is 190 g/mol. The second-order valence-electron chi connectivity index (χ2n) is 3.55. The Hall–Kier alpha value is -2.07. The molecule has 0 unspecified atom stereocenters. The van der Waals surface area contributed by atoms with Gasteiger partial charge in [-0.1, -0.05) is 0 Å². The van der Waals surface area contributed by atoms with E-state index >= 15 is 0 Å². The molecule has 4 nitrogen and oxygen atoms in total. The molecule has 0 N–H and O–H groups in total. The van der Waals surface area contributed by atoms with Crippen LogP contribution in [0.2, 0.25) is 0 Å². The Balaban J connectivity index is 3.73. The second-order valence-corrected chi connectivity index (χ2v) is 3.55. The molecule has 0 aliphatic heterocycles. The van der Waals surface area contributed by atoms with Crippen molar-refractivity contribution < 1.29 is 0 Å². The van der Waals surface area contributed by atoms with Gasteiger partial charge in [-0.15, -0.1) is 0 Å². The summed E-state index contributed by atoms with van der Waals surface area (Å²) in [5.74, 6) is 0. The minimum Gasteiger partial charge on any atom is -0.308 e. The minimum atomic E-state index is -0.330. The normalized spacial score (nSPS) is 9.73. The van der Waals surface area contributed by atoms with Crippen molar-refractivity contribution in [2.24, 2.45) is 0 Å². The molecule has 1 aromatic rings. The SMILES string of the molecule is Cc1c(C#N)cc(C#N)c(=O)n1C(C)C. The van der Waals surface area contributed by atoms with E-state index in [9.17, 15) is 4.79 Å². The van der Waals surface area contributed by atoms with E-state index in [1.807, 2.05) is 26.0 Å². The summed E-state index contributed by atoms with van der Waals surface area (Å²) in [5, 5.41) is 17.6. The van der Waals surface area contributed by atoms with E-state index in [1.54, 1.807) is 6.92 Å². The standard InChI is InChI=1S/C11H11N3O/c1-7(2)14-8(3)9(5-12)4-10(6-13)11(14)15/h4,7H,1-3H3. The fourth-order valence-electron chi connectivity index (χ4n) is 1.54. The van der Waals surface area contributed by atoms with Gasteiger partial charge in [-0.05, 0) is 26.8 Å². The van der Waals surface area contributed by atoms with Gasteiger partial charge in [-0.2, -0.15) is 10.5 Å². The zero-order valence-corrected chi connectivity index (χ0v) is 8.90. The second kappa shape index (κ2) is 3.98. The van der Waals surface area contributed by atoms with Crippen LogP contribution in [0.1, 0.15) is 36.7 Å². The van der Waals surface area contributed by atoms with Gasteiger partial charge in [-0.25, -0.2) is 0 Å². The van der Waals surface area contributed by atoms with Crippen molar-refractivity contribution in [1.82, 2.24) is 4.57 Å². The lowest BCUT2D eigenvalue weighted by atomic mass is 10.1. The van der Waals surface area contributed by atoms with Gasteiger partial charge in [0.1, 0.15) is 17.7 Å². The highest BCUT2D eigenvalue weighted by Crippen LogP contribution is 2.11. The molecule has 4 heteroatoms. The molecule has 0 atom stereocenters. The van der Waals surface area contributed by atoms with Crippen LogP contribution in [-0.4, -0.2) is 4.57 Å². The van der Waals surface area contributed by atoms with Gasteiger partial charge in [0.15, 0.2) is 0 Å². The van der Waals surface area contributed by atoms with Crippen molar-refractivity contribution in [2.45, 2.75) is 26.8 Å². The third-order valence-corrected chi connectivity index (χ3v) is 2.25. The first-order valence-corrected chi connectivity index (χ1v) is 4.59. The van der Waals surface area contributed by atoms with Crippen molar-refractivity contribution in [1.29, 1.82) is 10.5 Å². The Labute approximate surface area is 88.0 Å². The van der Waals surface area contributed by atoms with E-state index in [2.05, 4.69) is 0 Å². The maximum Gasteiger partial charge on any atom is 0.268 e. The quantitative estimate of drug-likeness (QED) is 0.691. The van der Waals surface area contributed by atoms with E-state index in [4.69, 9.17) is 10.5 Å². The molecule has 0 fully saturated rings. The summed E-state index contributed by atoms with van der Waals surface area (Å²) in [6.45, 7) is 5.40. The Kier molecular flexibility index (Phi) is 2.92. The van der Waals surface area contributed by atoms with Crippen molar-refractivity contribution in [3.63, 3.8) is 0 Å². The smallest absolute Gasteiger partial charge is 0.268 e. The van der Waals surface area contributed by atoms with E-state index in [1.165, 1.54) is 10.6 Å². The molecule has 0 saturated carbocycles. The van der Waals surface area contributed by atoms with Crippen LogP contribution in [0.5, 0.6) is 0 Å². The van der Waals surface area contributed by atoms with Gasteiger partial charge in [0, 0.05) is 11.7 Å². The number of hydrogen-bond acceptors (Lipinski definition) is 3. The molecule has 0 aliphatic carbocycles. The molecule has 15 heavy (non-hydrogen) atoms. The molecule has 0 radical (unpaired) electrons. The van der Waals surface area contributed by atoms with Gasteiger partial charge in [-0.3, -0.25) is 4.79 Å². The first kappa shape index (κ1) is 11.0. The zero-order valence-electron chi connectivity index (χ0n) is 8.90. The van der Waals surface area contributed by atoms with Gasteiger partial charge in [0.05, 0.1) is 5.56 Å². The summed E-state index contributed by atoms with van der Waals surface area (Å²) in [4.78, 5) is 11.8. The number of pyridine rings is 1.